The van der Waals surface area contributed by atoms with Gasteiger partial charge in [-0.25, -0.2) is 4.98 Å². The molecule has 1 fully saturated rings. The number of thiazole rings is 1. The van der Waals surface area contributed by atoms with E-state index in [4.69, 9.17) is 9.47 Å². The molecule has 2 aliphatic rings. The Bertz CT molecular complexity index is 1280. The van der Waals surface area contributed by atoms with Gasteiger partial charge in [-0.05, 0) is 55.3 Å². The summed E-state index contributed by atoms with van der Waals surface area (Å²) in [5, 5.41) is 5.40. The molecule has 0 aliphatic carbocycles. The van der Waals surface area contributed by atoms with E-state index in [1.165, 1.54) is 42.7 Å². The van der Waals surface area contributed by atoms with Crippen LogP contribution in [0.15, 0.2) is 47.8 Å². The highest BCUT2D eigenvalue weighted by Crippen LogP contribution is 2.33. The fourth-order valence-corrected chi connectivity index (χ4v) is 5.67. The van der Waals surface area contributed by atoms with Gasteiger partial charge in [0.15, 0.2) is 11.5 Å². The molecule has 0 radical (unpaired) electrons. The lowest BCUT2D eigenvalue weighted by molar-refractivity contribution is -0.137. The van der Waals surface area contributed by atoms with Gasteiger partial charge in [0.05, 0.1) is 12.1 Å². The van der Waals surface area contributed by atoms with Gasteiger partial charge < -0.3 is 19.7 Å². The molecule has 2 aliphatic heterocycles. The zero-order valence-electron chi connectivity index (χ0n) is 21.5. The minimum atomic E-state index is -4.41. The first-order valence-electron chi connectivity index (χ1n) is 13.1. The van der Waals surface area contributed by atoms with Crippen LogP contribution in [0.3, 0.4) is 0 Å². The van der Waals surface area contributed by atoms with Crippen LogP contribution in [0.5, 0.6) is 11.5 Å². The van der Waals surface area contributed by atoms with E-state index in [1.807, 2.05) is 23.1 Å². The van der Waals surface area contributed by atoms with Crippen molar-refractivity contribution in [1.82, 2.24) is 20.1 Å². The SMILES string of the molecule is O=C(NCCN1CCCCC1)c1csc(CN(Cc2cccc(C(F)(F)F)c2)Cc2ccc3c(c2)OCO3)n1. The van der Waals surface area contributed by atoms with Gasteiger partial charge in [-0.3, -0.25) is 9.69 Å². The van der Waals surface area contributed by atoms with Crippen molar-refractivity contribution in [2.45, 2.75) is 45.1 Å². The van der Waals surface area contributed by atoms with Crippen LogP contribution in [-0.2, 0) is 25.8 Å². The minimum Gasteiger partial charge on any atom is -0.454 e. The second kappa shape index (κ2) is 12.4. The van der Waals surface area contributed by atoms with Gasteiger partial charge in [0.2, 0.25) is 6.79 Å². The molecular formula is C28H31F3N4O3S. The lowest BCUT2D eigenvalue weighted by Crippen LogP contribution is -2.37. The molecule has 7 nitrogen and oxygen atoms in total. The molecule has 1 N–H and O–H groups in total. The number of aromatic nitrogens is 1. The zero-order chi connectivity index (χ0) is 27.2. The molecule has 0 saturated carbocycles. The van der Waals surface area contributed by atoms with E-state index in [-0.39, 0.29) is 19.2 Å². The van der Waals surface area contributed by atoms with Crippen LogP contribution in [0.4, 0.5) is 13.2 Å². The standard InChI is InChI=1S/C28H31F3N4O3S/c29-28(30,31)22-6-4-5-20(13-22)15-35(16-21-7-8-24-25(14-21)38-19-37-24)17-26-33-23(18-39-26)27(36)32-9-12-34-10-2-1-3-11-34/h4-8,13-14,18H,1-3,9-12,15-17,19H2,(H,32,36). The molecule has 1 amide bonds. The average molecular weight is 561 g/mol. The fourth-order valence-electron chi connectivity index (χ4n) is 4.85. The summed E-state index contributed by atoms with van der Waals surface area (Å²) in [5.41, 5.74) is 1.15. The molecule has 0 unspecified atom stereocenters. The number of amides is 1. The van der Waals surface area contributed by atoms with Crippen molar-refractivity contribution in [2.24, 2.45) is 0 Å². The topological polar surface area (TPSA) is 66.9 Å². The van der Waals surface area contributed by atoms with Crippen LogP contribution in [0.25, 0.3) is 0 Å². The highest BCUT2D eigenvalue weighted by Gasteiger charge is 2.30. The van der Waals surface area contributed by atoms with Gasteiger partial charge in [-0.2, -0.15) is 13.2 Å². The summed E-state index contributed by atoms with van der Waals surface area (Å²) in [7, 11) is 0. The zero-order valence-corrected chi connectivity index (χ0v) is 22.3. The molecule has 0 spiro atoms. The van der Waals surface area contributed by atoms with Crippen LogP contribution in [-0.4, -0.2) is 53.7 Å². The third-order valence-electron chi connectivity index (χ3n) is 6.81. The first-order valence-corrected chi connectivity index (χ1v) is 13.9. The van der Waals surface area contributed by atoms with Gasteiger partial charge in [0.1, 0.15) is 10.7 Å². The summed E-state index contributed by atoms with van der Waals surface area (Å²) in [6.45, 7) is 4.79. The number of hydrogen-bond donors (Lipinski definition) is 1. The Balaban J connectivity index is 1.26. The van der Waals surface area contributed by atoms with Crippen molar-refractivity contribution >= 4 is 17.2 Å². The number of piperidine rings is 1. The Morgan fingerprint density at radius 3 is 2.56 bits per heavy atom. The maximum atomic E-state index is 13.3. The molecule has 208 valence electrons. The number of hydrogen-bond acceptors (Lipinski definition) is 7. The molecule has 11 heteroatoms. The fraction of sp³-hybridized carbons (Fsp3) is 0.429. The third-order valence-corrected chi connectivity index (χ3v) is 7.64. The molecule has 2 aromatic carbocycles. The molecule has 1 aromatic heterocycles. The van der Waals surface area contributed by atoms with Crippen molar-refractivity contribution in [3.8, 4) is 11.5 Å². The molecule has 3 heterocycles. The van der Waals surface area contributed by atoms with Crippen molar-refractivity contribution in [2.75, 3.05) is 33.0 Å². The second-order valence-electron chi connectivity index (χ2n) is 9.82. The highest BCUT2D eigenvalue weighted by molar-refractivity contribution is 7.09. The third kappa shape index (κ3) is 7.49. The van der Waals surface area contributed by atoms with Gasteiger partial charge >= 0.3 is 6.18 Å². The second-order valence-corrected chi connectivity index (χ2v) is 10.8. The smallest absolute Gasteiger partial charge is 0.416 e. The Morgan fingerprint density at radius 1 is 1.00 bits per heavy atom. The number of likely N-dealkylation sites (tertiary alicyclic amines) is 1. The maximum Gasteiger partial charge on any atom is 0.416 e. The van der Waals surface area contributed by atoms with E-state index in [9.17, 15) is 18.0 Å². The summed E-state index contributed by atoms with van der Waals surface area (Å²) in [6, 6.07) is 11.0. The number of carbonyl (C=O) groups is 1. The molecular weight excluding hydrogens is 529 g/mol. The Kier molecular flexibility index (Phi) is 8.69. The van der Waals surface area contributed by atoms with E-state index in [0.29, 0.717) is 47.4 Å². The Morgan fingerprint density at radius 2 is 1.77 bits per heavy atom. The number of fused-ring (bicyclic) bond motifs is 1. The summed E-state index contributed by atoms with van der Waals surface area (Å²) in [5.74, 6) is 1.10. The molecule has 5 rings (SSSR count). The maximum absolute atomic E-state index is 13.3. The predicted octanol–water partition coefficient (Wildman–Crippen LogP) is 5.31. The van der Waals surface area contributed by atoms with Crippen LogP contribution >= 0.6 is 11.3 Å². The summed E-state index contributed by atoms with van der Waals surface area (Å²) in [4.78, 5) is 21.6. The first-order chi connectivity index (χ1) is 18.8. The van der Waals surface area contributed by atoms with E-state index >= 15 is 0 Å². The van der Waals surface area contributed by atoms with Crippen molar-refractivity contribution in [3.63, 3.8) is 0 Å². The van der Waals surface area contributed by atoms with Crippen LogP contribution in [0, 0.1) is 0 Å². The summed E-state index contributed by atoms with van der Waals surface area (Å²) < 4.78 is 50.8. The van der Waals surface area contributed by atoms with Crippen LogP contribution in [0.1, 0.15) is 51.4 Å². The van der Waals surface area contributed by atoms with Crippen LogP contribution < -0.4 is 14.8 Å². The quantitative estimate of drug-likeness (QED) is 0.363. The van der Waals surface area contributed by atoms with E-state index in [1.54, 1.807) is 11.4 Å². The number of halogens is 3. The molecule has 0 atom stereocenters. The predicted molar refractivity (Wildman–Crippen MR) is 142 cm³/mol. The van der Waals surface area contributed by atoms with E-state index < -0.39 is 11.7 Å². The summed E-state index contributed by atoms with van der Waals surface area (Å²) >= 11 is 1.37. The number of rotatable bonds is 10. The lowest BCUT2D eigenvalue weighted by atomic mass is 10.1. The molecule has 1 saturated heterocycles. The van der Waals surface area contributed by atoms with Gasteiger partial charge in [0, 0.05) is 31.6 Å². The first kappa shape index (κ1) is 27.4. The van der Waals surface area contributed by atoms with Gasteiger partial charge in [-0.15, -0.1) is 11.3 Å². The molecule has 39 heavy (non-hydrogen) atoms. The largest absolute Gasteiger partial charge is 0.454 e. The number of benzene rings is 2. The molecule has 3 aromatic rings. The lowest BCUT2D eigenvalue weighted by Gasteiger charge is -2.26. The Hall–Kier alpha value is -3.15. The normalized spacial score (nSPS) is 15.6. The van der Waals surface area contributed by atoms with Crippen molar-refractivity contribution in [3.05, 3.63) is 75.2 Å². The van der Waals surface area contributed by atoms with Crippen molar-refractivity contribution < 1.29 is 27.4 Å². The number of nitrogens with zero attached hydrogens (tertiary/aromatic N) is 3. The summed E-state index contributed by atoms with van der Waals surface area (Å²) in [6.07, 6.45) is -0.743. The Labute approximate surface area is 229 Å². The highest BCUT2D eigenvalue weighted by atomic mass is 32.1. The van der Waals surface area contributed by atoms with Gasteiger partial charge in [0.25, 0.3) is 5.91 Å². The van der Waals surface area contributed by atoms with E-state index in [0.717, 1.165) is 31.3 Å². The average Bonchev–Trinajstić information content (AvgIpc) is 3.58. The number of ether oxygens (including phenoxy) is 2. The number of nitrogens with one attached hydrogen (secondary N) is 1. The minimum absolute atomic E-state index is 0.161. The number of carbonyl (C=O) groups excluding carboxylic acids is 1. The number of alkyl halides is 3. The van der Waals surface area contributed by atoms with E-state index in [2.05, 4.69) is 15.2 Å². The molecule has 0 bridgehead atoms. The van der Waals surface area contributed by atoms with Crippen LogP contribution in [0.2, 0.25) is 0 Å². The van der Waals surface area contributed by atoms with Crippen molar-refractivity contribution in [1.29, 1.82) is 0 Å². The van der Waals surface area contributed by atoms with Gasteiger partial charge in [-0.1, -0.05) is 30.7 Å². The monoisotopic (exact) mass is 560 g/mol.